The maximum Gasteiger partial charge on any atom is 0.267 e. The highest BCUT2D eigenvalue weighted by Crippen LogP contribution is 2.38. The third kappa shape index (κ3) is 5.48. The molecule has 2 amide bonds. The number of nitrogen functional groups attached to an aromatic ring is 1. The number of ether oxygens (including phenoxy) is 1. The van der Waals surface area contributed by atoms with Crippen LogP contribution in [0.15, 0.2) is 30.6 Å². The molecular formula is C26H35N5O3. The van der Waals surface area contributed by atoms with Gasteiger partial charge in [-0.2, -0.15) is 0 Å². The van der Waals surface area contributed by atoms with E-state index in [1.165, 1.54) is 11.9 Å². The monoisotopic (exact) mass is 465 g/mol. The first kappa shape index (κ1) is 24.0. The van der Waals surface area contributed by atoms with Crippen LogP contribution < -0.4 is 20.7 Å². The number of hydrogen-bond acceptors (Lipinski definition) is 6. The van der Waals surface area contributed by atoms with Gasteiger partial charge in [-0.3, -0.25) is 9.59 Å². The Morgan fingerprint density at radius 3 is 2.65 bits per heavy atom. The highest BCUT2D eigenvalue weighted by molar-refractivity contribution is 6.10. The Bertz CT molecular complexity index is 1000. The predicted molar refractivity (Wildman–Crippen MR) is 132 cm³/mol. The molecule has 3 N–H and O–H groups in total. The summed E-state index contributed by atoms with van der Waals surface area (Å²) in [5.41, 5.74) is 8.24. The van der Waals surface area contributed by atoms with Crippen LogP contribution >= 0.6 is 0 Å². The summed E-state index contributed by atoms with van der Waals surface area (Å²) >= 11 is 0. The van der Waals surface area contributed by atoms with Crippen LogP contribution in [-0.4, -0.2) is 41.5 Å². The summed E-state index contributed by atoms with van der Waals surface area (Å²) in [4.78, 5) is 35.0. The molecule has 0 unspecified atom stereocenters. The summed E-state index contributed by atoms with van der Waals surface area (Å²) in [6.07, 6.45) is 7.33. The molecular weight excluding hydrogens is 430 g/mol. The zero-order valence-corrected chi connectivity index (χ0v) is 20.1. The number of fused-ring (bicyclic) bond motifs is 1. The molecule has 1 fully saturated rings. The third-order valence-electron chi connectivity index (χ3n) is 7.20. The summed E-state index contributed by atoms with van der Waals surface area (Å²) in [5, 5.41) is 3.08. The van der Waals surface area contributed by atoms with Gasteiger partial charge in [-0.05, 0) is 61.1 Å². The highest BCUT2D eigenvalue weighted by Gasteiger charge is 2.29. The van der Waals surface area contributed by atoms with Gasteiger partial charge in [-0.15, -0.1) is 0 Å². The first-order chi connectivity index (χ1) is 16.5. The lowest BCUT2D eigenvalue weighted by Crippen LogP contribution is -2.32. The number of rotatable bonds is 7. The molecule has 1 saturated carbocycles. The van der Waals surface area contributed by atoms with Crippen molar-refractivity contribution in [3.8, 4) is 5.88 Å². The molecule has 0 spiro atoms. The van der Waals surface area contributed by atoms with Gasteiger partial charge in [0.1, 0.15) is 24.3 Å². The molecule has 34 heavy (non-hydrogen) atoms. The molecule has 1 aromatic heterocycles. The predicted octanol–water partition coefficient (Wildman–Crippen LogP) is 3.92. The van der Waals surface area contributed by atoms with E-state index in [-0.39, 0.29) is 29.1 Å². The number of aromatic nitrogens is 2. The molecule has 4 rings (SSSR count). The van der Waals surface area contributed by atoms with Crippen LogP contribution in [0, 0.1) is 11.8 Å². The minimum atomic E-state index is -0.245. The molecule has 1 aliphatic heterocycles. The number of nitrogens with two attached hydrogens (primary N) is 1. The van der Waals surface area contributed by atoms with Gasteiger partial charge in [0.25, 0.3) is 5.91 Å². The van der Waals surface area contributed by atoms with E-state index in [1.54, 1.807) is 4.90 Å². The lowest BCUT2D eigenvalue weighted by molar-refractivity contribution is -0.122. The fraction of sp³-hybridized carbons (Fsp3) is 0.538. The average molecular weight is 466 g/mol. The molecule has 8 nitrogen and oxygen atoms in total. The van der Waals surface area contributed by atoms with Crippen LogP contribution in [0.2, 0.25) is 0 Å². The van der Waals surface area contributed by atoms with Crippen LogP contribution in [0.1, 0.15) is 74.2 Å². The van der Waals surface area contributed by atoms with E-state index in [2.05, 4.69) is 41.3 Å². The minimum absolute atomic E-state index is 0.129. The topological polar surface area (TPSA) is 110 Å². The SMILES string of the molecule is CC[C@H](C)CNC(=O)CC1CCC(c2ccc(N3CCOc4ncnc(N)c4C3=O)cc2)CC1. The van der Waals surface area contributed by atoms with Gasteiger partial charge in [0, 0.05) is 18.7 Å². The summed E-state index contributed by atoms with van der Waals surface area (Å²) in [6.45, 7) is 5.84. The van der Waals surface area contributed by atoms with Gasteiger partial charge in [-0.1, -0.05) is 32.4 Å². The molecule has 8 heteroatoms. The highest BCUT2D eigenvalue weighted by atomic mass is 16.5. The van der Waals surface area contributed by atoms with Crippen LogP contribution in [0.4, 0.5) is 11.5 Å². The Labute approximate surface area is 201 Å². The van der Waals surface area contributed by atoms with E-state index in [0.717, 1.165) is 44.3 Å². The molecule has 182 valence electrons. The van der Waals surface area contributed by atoms with Gasteiger partial charge in [0.2, 0.25) is 11.8 Å². The number of amides is 2. The van der Waals surface area contributed by atoms with E-state index >= 15 is 0 Å². The molecule has 1 aliphatic carbocycles. The lowest BCUT2D eigenvalue weighted by Gasteiger charge is -2.29. The first-order valence-corrected chi connectivity index (χ1v) is 12.4. The summed E-state index contributed by atoms with van der Waals surface area (Å²) in [6, 6.07) is 8.22. The number of carbonyl (C=O) groups is 2. The summed E-state index contributed by atoms with van der Waals surface area (Å²) < 4.78 is 5.62. The van der Waals surface area contributed by atoms with Gasteiger partial charge in [0.15, 0.2) is 0 Å². The maximum atomic E-state index is 13.1. The van der Waals surface area contributed by atoms with Crippen molar-refractivity contribution in [1.29, 1.82) is 0 Å². The van der Waals surface area contributed by atoms with Crippen LogP contribution in [0.5, 0.6) is 5.88 Å². The Morgan fingerprint density at radius 2 is 1.94 bits per heavy atom. The van der Waals surface area contributed by atoms with Crippen molar-refractivity contribution in [1.82, 2.24) is 15.3 Å². The number of carbonyl (C=O) groups excluding carboxylic acids is 2. The molecule has 0 saturated heterocycles. The lowest BCUT2D eigenvalue weighted by atomic mass is 9.77. The van der Waals surface area contributed by atoms with E-state index in [0.29, 0.717) is 37.3 Å². The van der Waals surface area contributed by atoms with Gasteiger partial charge < -0.3 is 20.7 Å². The Morgan fingerprint density at radius 1 is 1.21 bits per heavy atom. The molecule has 0 radical (unpaired) electrons. The van der Waals surface area contributed by atoms with Crippen molar-refractivity contribution in [2.24, 2.45) is 11.8 Å². The Balaban J connectivity index is 1.33. The van der Waals surface area contributed by atoms with Crippen LogP contribution in [0.3, 0.4) is 0 Å². The van der Waals surface area contributed by atoms with Crippen molar-refractivity contribution < 1.29 is 14.3 Å². The normalized spacial score (nSPS) is 21.2. The standard InChI is InChI=1S/C26H35N5O3/c1-3-17(2)15-28-22(32)14-18-4-6-19(7-5-18)20-8-10-21(11-9-20)31-12-13-34-25-23(26(31)33)24(27)29-16-30-25/h8-11,16-19H,3-7,12-15H2,1-2H3,(H,28,32)(H2,27,29,30)/t17-,18?,19?/m0/s1. The number of anilines is 2. The Kier molecular flexibility index (Phi) is 7.65. The van der Waals surface area contributed by atoms with Crippen molar-refractivity contribution in [2.45, 2.75) is 58.3 Å². The molecule has 0 bridgehead atoms. The first-order valence-electron chi connectivity index (χ1n) is 12.4. The molecule has 1 atom stereocenters. The number of hydrogen-bond donors (Lipinski definition) is 2. The largest absolute Gasteiger partial charge is 0.475 e. The van der Waals surface area contributed by atoms with Crippen LogP contribution in [-0.2, 0) is 4.79 Å². The quantitative estimate of drug-likeness (QED) is 0.641. The second kappa shape index (κ2) is 10.8. The van der Waals surface area contributed by atoms with Gasteiger partial charge >= 0.3 is 0 Å². The molecule has 1 aromatic carbocycles. The maximum absolute atomic E-state index is 13.1. The number of benzene rings is 1. The van der Waals surface area contributed by atoms with E-state index in [1.807, 2.05) is 12.1 Å². The van der Waals surface area contributed by atoms with Crippen LogP contribution in [0.25, 0.3) is 0 Å². The fourth-order valence-corrected chi connectivity index (χ4v) is 4.80. The molecule has 2 heterocycles. The van der Waals surface area contributed by atoms with Crippen molar-refractivity contribution >= 4 is 23.3 Å². The molecule has 2 aliphatic rings. The second-order valence-corrected chi connectivity index (χ2v) is 9.58. The smallest absolute Gasteiger partial charge is 0.267 e. The average Bonchev–Trinajstić information content (AvgIpc) is 3.02. The van der Waals surface area contributed by atoms with Gasteiger partial charge in [-0.25, -0.2) is 9.97 Å². The van der Waals surface area contributed by atoms with E-state index in [4.69, 9.17) is 10.5 Å². The van der Waals surface area contributed by atoms with Crippen molar-refractivity contribution in [3.05, 3.63) is 41.7 Å². The zero-order valence-electron chi connectivity index (χ0n) is 20.1. The molecule has 2 aromatic rings. The Hall–Kier alpha value is -3.16. The van der Waals surface area contributed by atoms with E-state index in [9.17, 15) is 9.59 Å². The van der Waals surface area contributed by atoms with Crippen molar-refractivity contribution in [2.75, 3.05) is 30.3 Å². The number of nitrogens with one attached hydrogen (secondary N) is 1. The summed E-state index contributed by atoms with van der Waals surface area (Å²) in [7, 11) is 0. The second-order valence-electron chi connectivity index (χ2n) is 9.58. The third-order valence-corrected chi connectivity index (χ3v) is 7.20. The zero-order chi connectivity index (χ0) is 24.1. The summed E-state index contributed by atoms with van der Waals surface area (Å²) in [5.74, 6) is 1.79. The van der Waals surface area contributed by atoms with Crippen molar-refractivity contribution in [3.63, 3.8) is 0 Å². The number of nitrogens with zero attached hydrogens (tertiary/aromatic N) is 3. The minimum Gasteiger partial charge on any atom is -0.475 e. The van der Waals surface area contributed by atoms with Gasteiger partial charge in [0.05, 0.1) is 6.54 Å². The van der Waals surface area contributed by atoms with E-state index < -0.39 is 0 Å². The fourth-order valence-electron chi connectivity index (χ4n) is 4.80.